The summed E-state index contributed by atoms with van der Waals surface area (Å²) in [5, 5.41) is 11.2. The van der Waals surface area contributed by atoms with E-state index >= 15 is 0 Å². The lowest BCUT2D eigenvalue weighted by Crippen LogP contribution is -2.69. The van der Waals surface area contributed by atoms with Gasteiger partial charge in [0, 0.05) is 47.3 Å². The molecule has 2 heterocycles. The fourth-order valence-electron chi connectivity index (χ4n) is 8.96. The zero-order valence-corrected chi connectivity index (χ0v) is 24.8. The van der Waals surface area contributed by atoms with Crippen LogP contribution in [0.25, 0.3) is 0 Å². The SMILES string of the molecule is C=CCN1CC[C@]23c4c5c(O)cc(OC)c4O[C@H]2[C@H](N(CCCCCCc2ccccc2)C(C)C)CC[C@H]3[C@H]1C5. The zero-order valence-electron chi connectivity index (χ0n) is 24.8. The Bertz CT molecular complexity index is 1200. The largest absolute Gasteiger partial charge is 0.508 e. The van der Waals surface area contributed by atoms with Crippen LogP contribution in [0.3, 0.4) is 0 Å². The molecule has 1 N–H and O–H groups in total. The highest BCUT2D eigenvalue weighted by atomic mass is 16.5. The van der Waals surface area contributed by atoms with Crippen molar-refractivity contribution >= 4 is 0 Å². The third-order valence-electron chi connectivity index (χ3n) is 10.6. The van der Waals surface area contributed by atoms with E-state index in [4.69, 9.17) is 9.47 Å². The van der Waals surface area contributed by atoms with Gasteiger partial charge in [0.05, 0.1) is 7.11 Å². The molecule has 5 nitrogen and oxygen atoms in total. The first kappa shape index (κ1) is 27.7. The van der Waals surface area contributed by atoms with Crippen LogP contribution < -0.4 is 9.47 Å². The summed E-state index contributed by atoms with van der Waals surface area (Å²) in [5.41, 5.74) is 3.78. The van der Waals surface area contributed by atoms with Crippen LogP contribution in [-0.2, 0) is 18.3 Å². The molecule has 1 saturated carbocycles. The van der Waals surface area contributed by atoms with Crippen LogP contribution >= 0.6 is 0 Å². The van der Waals surface area contributed by atoms with Crippen molar-refractivity contribution in [3.8, 4) is 17.2 Å². The molecule has 5 atom stereocenters. The third kappa shape index (κ3) is 4.54. The average molecular weight is 545 g/mol. The maximum atomic E-state index is 11.2. The first-order valence-electron chi connectivity index (χ1n) is 15.7. The minimum Gasteiger partial charge on any atom is -0.508 e. The molecule has 2 aliphatic carbocycles. The van der Waals surface area contributed by atoms with E-state index in [0.717, 1.165) is 43.8 Å². The number of methoxy groups -OCH3 is 1. The van der Waals surface area contributed by atoms with Crippen LogP contribution in [0, 0.1) is 5.92 Å². The summed E-state index contributed by atoms with van der Waals surface area (Å²) in [5.74, 6) is 2.52. The first-order valence-corrected chi connectivity index (χ1v) is 15.7. The standard InChI is InChI=1S/C35H48N2O3/c1-5-19-36-21-18-35-27-16-17-28(37(24(2)3)20-12-7-6-9-13-25-14-10-8-11-15-25)34(35)40-33-31(39-4)23-30(38)26(32(33)35)22-29(27)36/h5,8,10-11,14-15,23-24,27-29,34,38H,1,6-7,9,12-13,16-22H2,2-4H3/t27-,28+,29+,34-,35-/m0/s1. The molecule has 2 fully saturated rings. The molecule has 0 unspecified atom stereocenters. The highest BCUT2D eigenvalue weighted by molar-refractivity contribution is 5.65. The molecule has 2 aromatic rings. The number of nitrogens with zero attached hydrogens (tertiary/aromatic N) is 2. The normalized spacial score (nSPS) is 28.4. The number of aryl methyl sites for hydroxylation is 1. The van der Waals surface area contributed by atoms with Crippen molar-refractivity contribution in [1.29, 1.82) is 0 Å². The molecule has 1 saturated heterocycles. The predicted octanol–water partition coefficient (Wildman–Crippen LogP) is 6.51. The molecule has 2 aromatic carbocycles. The molecule has 0 radical (unpaired) electrons. The van der Waals surface area contributed by atoms with Crippen molar-refractivity contribution in [2.45, 2.75) is 101 Å². The van der Waals surface area contributed by atoms with Gasteiger partial charge in [0.2, 0.25) is 0 Å². The quantitative estimate of drug-likeness (QED) is 0.244. The topological polar surface area (TPSA) is 45.2 Å². The second-order valence-corrected chi connectivity index (χ2v) is 12.9. The highest BCUT2D eigenvalue weighted by Crippen LogP contribution is 2.65. The Morgan fingerprint density at radius 2 is 1.98 bits per heavy atom. The lowest BCUT2D eigenvalue weighted by atomic mass is 9.50. The molecule has 4 aliphatic rings. The van der Waals surface area contributed by atoms with Crippen molar-refractivity contribution in [3.63, 3.8) is 0 Å². The Hall–Kier alpha value is -2.50. The second-order valence-electron chi connectivity index (χ2n) is 12.9. The minimum absolute atomic E-state index is 0.0526. The van der Waals surface area contributed by atoms with Crippen LogP contribution in [0.5, 0.6) is 17.2 Å². The molecule has 40 heavy (non-hydrogen) atoms. The van der Waals surface area contributed by atoms with Crippen LogP contribution in [0.1, 0.15) is 75.5 Å². The summed E-state index contributed by atoms with van der Waals surface area (Å²) in [6, 6.07) is 13.9. The van der Waals surface area contributed by atoms with Gasteiger partial charge in [-0.25, -0.2) is 0 Å². The van der Waals surface area contributed by atoms with Gasteiger partial charge in [0.1, 0.15) is 11.9 Å². The Morgan fingerprint density at radius 3 is 2.73 bits per heavy atom. The predicted molar refractivity (Wildman–Crippen MR) is 162 cm³/mol. The van der Waals surface area contributed by atoms with E-state index in [2.05, 4.69) is 60.6 Å². The fraction of sp³-hybridized carbons (Fsp3) is 0.600. The summed E-state index contributed by atoms with van der Waals surface area (Å²) in [7, 11) is 1.70. The van der Waals surface area contributed by atoms with Gasteiger partial charge >= 0.3 is 0 Å². The molecule has 2 aliphatic heterocycles. The summed E-state index contributed by atoms with van der Waals surface area (Å²) in [6.45, 7) is 11.8. The maximum Gasteiger partial charge on any atom is 0.166 e. The summed E-state index contributed by atoms with van der Waals surface area (Å²) < 4.78 is 12.9. The number of piperidine rings is 1. The van der Waals surface area contributed by atoms with Gasteiger partial charge in [-0.05, 0) is 83.4 Å². The Balaban J connectivity index is 1.23. The van der Waals surface area contributed by atoms with Gasteiger partial charge in [-0.2, -0.15) is 0 Å². The van der Waals surface area contributed by atoms with E-state index in [1.54, 1.807) is 13.2 Å². The minimum atomic E-state index is -0.0526. The number of phenols is 1. The number of aromatic hydroxyl groups is 1. The highest BCUT2D eigenvalue weighted by Gasteiger charge is 2.66. The molecular formula is C35H48N2O3. The number of unbranched alkanes of at least 4 members (excludes halogenated alkanes) is 3. The van der Waals surface area contributed by atoms with Gasteiger partial charge in [-0.1, -0.05) is 49.2 Å². The number of phenolic OH excluding ortho intramolecular Hbond substituents is 1. The molecule has 2 bridgehead atoms. The monoisotopic (exact) mass is 544 g/mol. The van der Waals surface area contributed by atoms with Crippen LogP contribution in [0.15, 0.2) is 49.1 Å². The average Bonchev–Trinajstić information content (AvgIpc) is 3.30. The molecule has 216 valence electrons. The van der Waals surface area contributed by atoms with Crippen molar-refractivity contribution < 1.29 is 14.6 Å². The number of likely N-dealkylation sites (tertiary alicyclic amines) is 1. The fourth-order valence-corrected chi connectivity index (χ4v) is 8.96. The lowest BCUT2D eigenvalue weighted by Gasteiger charge is -2.60. The van der Waals surface area contributed by atoms with E-state index in [9.17, 15) is 5.11 Å². The Labute approximate surface area is 241 Å². The van der Waals surface area contributed by atoms with E-state index in [-0.39, 0.29) is 11.5 Å². The van der Waals surface area contributed by atoms with Crippen LogP contribution in [-0.4, -0.2) is 65.9 Å². The van der Waals surface area contributed by atoms with E-state index in [0.29, 0.717) is 35.5 Å². The van der Waals surface area contributed by atoms with Gasteiger partial charge in [-0.15, -0.1) is 6.58 Å². The molecule has 0 amide bonds. The first-order chi connectivity index (χ1) is 19.5. The smallest absolute Gasteiger partial charge is 0.166 e. The maximum absolute atomic E-state index is 11.2. The van der Waals surface area contributed by atoms with Crippen molar-refractivity contribution in [1.82, 2.24) is 9.80 Å². The summed E-state index contributed by atoms with van der Waals surface area (Å²) >= 11 is 0. The van der Waals surface area contributed by atoms with Crippen molar-refractivity contribution in [2.24, 2.45) is 5.92 Å². The number of ether oxygens (including phenoxy) is 2. The van der Waals surface area contributed by atoms with E-state index in [1.807, 2.05) is 6.08 Å². The molecule has 6 rings (SSSR count). The molecule has 1 spiro atoms. The Morgan fingerprint density at radius 1 is 1.18 bits per heavy atom. The van der Waals surface area contributed by atoms with Crippen molar-refractivity contribution in [2.75, 3.05) is 26.7 Å². The van der Waals surface area contributed by atoms with Gasteiger partial charge in [0.25, 0.3) is 0 Å². The number of benzene rings is 2. The van der Waals surface area contributed by atoms with Crippen molar-refractivity contribution in [3.05, 3.63) is 65.7 Å². The number of hydrogen-bond acceptors (Lipinski definition) is 5. The van der Waals surface area contributed by atoms with E-state index < -0.39 is 0 Å². The van der Waals surface area contributed by atoms with Gasteiger partial charge < -0.3 is 14.6 Å². The van der Waals surface area contributed by atoms with E-state index in [1.165, 1.54) is 56.1 Å². The van der Waals surface area contributed by atoms with Crippen LogP contribution in [0.2, 0.25) is 0 Å². The zero-order chi connectivity index (χ0) is 27.9. The lowest BCUT2D eigenvalue weighted by molar-refractivity contribution is -0.0915. The number of hydrogen-bond donors (Lipinski definition) is 1. The summed E-state index contributed by atoms with van der Waals surface area (Å²) in [6.07, 6.45) is 12.7. The Kier molecular flexibility index (Phi) is 7.89. The summed E-state index contributed by atoms with van der Waals surface area (Å²) in [4.78, 5) is 5.37. The molecule has 0 aromatic heterocycles. The third-order valence-corrected chi connectivity index (χ3v) is 10.6. The molecule has 5 heteroatoms. The second kappa shape index (κ2) is 11.4. The molecular weight excluding hydrogens is 496 g/mol. The van der Waals surface area contributed by atoms with Gasteiger partial charge in [0.15, 0.2) is 11.5 Å². The van der Waals surface area contributed by atoms with Crippen LogP contribution in [0.4, 0.5) is 0 Å². The van der Waals surface area contributed by atoms with Gasteiger partial charge in [-0.3, -0.25) is 9.80 Å². The number of rotatable bonds is 12.